The Labute approximate surface area is 150 Å². The molecule has 5 heteroatoms. The summed E-state index contributed by atoms with van der Waals surface area (Å²) >= 11 is 0. The van der Waals surface area contributed by atoms with E-state index >= 15 is 0 Å². The van der Waals surface area contributed by atoms with Gasteiger partial charge in [-0.3, -0.25) is 0 Å². The number of nitrogens with zero attached hydrogens (tertiary/aromatic N) is 2. The monoisotopic (exact) mass is 341 g/mol. The first-order chi connectivity index (χ1) is 12.7. The molecule has 0 aliphatic rings. The molecular weight excluding hydrogens is 326 g/mol. The number of hydrogen-bond donors (Lipinski definition) is 2. The van der Waals surface area contributed by atoms with Crippen LogP contribution in [0, 0.1) is 0 Å². The molecule has 0 amide bonds. The maximum Gasteiger partial charge on any atom is 0.335 e. The lowest BCUT2D eigenvalue weighted by Crippen LogP contribution is -1.99. The van der Waals surface area contributed by atoms with Crippen LogP contribution in [0.1, 0.15) is 10.4 Å². The fraction of sp³-hybridized carbons (Fsp3) is 0. The summed E-state index contributed by atoms with van der Waals surface area (Å²) in [6, 6.07) is 24.3. The van der Waals surface area contributed by atoms with E-state index in [0.717, 1.165) is 27.7 Å². The molecular formula is C21H15N3O2. The first kappa shape index (κ1) is 15.8. The molecule has 0 saturated heterocycles. The van der Waals surface area contributed by atoms with E-state index in [1.807, 2.05) is 54.6 Å². The van der Waals surface area contributed by atoms with Gasteiger partial charge in [0.1, 0.15) is 5.69 Å². The van der Waals surface area contributed by atoms with Crippen molar-refractivity contribution in [3.8, 4) is 11.3 Å². The number of para-hydroxylation sites is 1. The maximum atomic E-state index is 11.0. The number of carboxylic acids is 1. The molecule has 0 radical (unpaired) electrons. The predicted octanol–water partition coefficient (Wildman–Crippen LogP) is 4.74. The van der Waals surface area contributed by atoms with Crippen molar-refractivity contribution in [2.24, 2.45) is 0 Å². The number of nitrogens with one attached hydrogen (secondary N) is 1. The summed E-state index contributed by atoms with van der Waals surface area (Å²) in [5.74, 6) is -0.271. The van der Waals surface area contributed by atoms with E-state index in [1.54, 1.807) is 24.3 Å². The zero-order valence-corrected chi connectivity index (χ0v) is 13.8. The average Bonchev–Trinajstić information content (AvgIpc) is 2.69. The van der Waals surface area contributed by atoms with Crippen LogP contribution in [-0.4, -0.2) is 21.3 Å². The highest BCUT2D eigenvalue weighted by Crippen LogP contribution is 2.31. The van der Waals surface area contributed by atoms with Crippen LogP contribution in [0.2, 0.25) is 0 Å². The van der Waals surface area contributed by atoms with Gasteiger partial charge >= 0.3 is 5.97 Å². The SMILES string of the molecule is O=C(O)c1ccc(-c2nnc(Nc3ccccc3)c3ccccc23)cc1. The number of carboxylic acid groups (broad SMARTS) is 1. The third-order valence-corrected chi connectivity index (χ3v) is 4.13. The fourth-order valence-corrected chi connectivity index (χ4v) is 2.84. The average molecular weight is 341 g/mol. The molecule has 5 nitrogen and oxygen atoms in total. The van der Waals surface area contributed by atoms with Crippen LogP contribution in [0.4, 0.5) is 11.5 Å². The summed E-state index contributed by atoms with van der Waals surface area (Å²) in [5, 5.41) is 23.0. The smallest absolute Gasteiger partial charge is 0.335 e. The zero-order chi connectivity index (χ0) is 17.9. The minimum absolute atomic E-state index is 0.244. The van der Waals surface area contributed by atoms with Crippen molar-refractivity contribution in [3.63, 3.8) is 0 Å². The number of carbonyl (C=O) groups is 1. The van der Waals surface area contributed by atoms with Crippen molar-refractivity contribution in [3.05, 3.63) is 84.4 Å². The molecule has 0 aliphatic heterocycles. The van der Waals surface area contributed by atoms with Crippen LogP contribution >= 0.6 is 0 Å². The molecule has 3 aromatic carbocycles. The third kappa shape index (κ3) is 2.98. The van der Waals surface area contributed by atoms with Gasteiger partial charge in [0.25, 0.3) is 0 Å². The summed E-state index contributed by atoms with van der Waals surface area (Å²) in [7, 11) is 0. The Morgan fingerprint density at radius 2 is 1.42 bits per heavy atom. The Morgan fingerprint density at radius 1 is 0.769 bits per heavy atom. The zero-order valence-electron chi connectivity index (χ0n) is 13.8. The number of fused-ring (bicyclic) bond motifs is 1. The highest BCUT2D eigenvalue weighted by molar-refractivity contribution is 6.01. The van der Waals surface area contributed by atoms with Gasteiger partial charge in [-0.25, -0.2) is 4.79 Å². The van der Waals surface area contributed by atoms with Crippen molar-refractivity contribution in [2.75, 3.05) is 5.32 Å². The largest absolute Gasteiger partial charge is 0.478 e. The molecule has 26 heavy (non-hydrogen) atoms. The van der Waals surface area contributed by atoms with Gasteiger partial charge in [-0.15, -0.1) is 10.2 Å². The molecule has 0 unspecified atom stereocenters. The Hall–Kier alpha value is -3.73. The van der Waals surface area contributed by atoms with Gasteiger partial charge in [-0.05, 0) is 24.3 Å². The van der Waals surface area contributed by atoms with E-state index in [9.17, 15) is 4.79 Å². The second-order valence-corrected chi connectivity index (χ2v) is 5.82. The lowest BCUT2D eigenvalue weighted by atomic mass is 10.0. The second-order valence-electron chi connectivity index (χ2n) is 5.82. The first-order valence-electron chi connectivity index (χ1n) is 8.13. The number of hydrogen-bond acceptors (Lipinski definition) is 4. The van der Waals surface area contributed by atoms with Crippen molar-refractivity contribution in [1.82, 2.24) is 10.2 Å². The number of aromatic nitrogens is 2. The van der Waals surface area contributed by atoms with Gasteiger partial charge in [-0.1, -0.05) is 54.6 Å². The number of anilines is 2. The summed E-state index contributed by atoms with van der Waals surface area (Å²) in [4.78, 5) is 11.0. The van der Waals surface area contributed by atoms with E-state index < -0.39 is 5.97 Å². The molecule has 0 bridgehead atoms. The van der Waals surface area contributed by atoms with Gasteiger partial charge in [0.2, 0.25) is 0 Å². The summed E-state index contributed by atoms with van der Waals surface area (Å²) in [6.45, 7) is 0. The maximum absolute atomic E-state index is 11.0. The lowest BCUT2D eigenvalue weighted by Gasteiger charge is -2.11. The van der Waals surface area contributed by atoms with Gasteiger partial charge in [0.15, 0.2) is 5.82 Å². The highest BCUT2D eigenvalue weighted by Gasteiger charge is 2.12. The van der Waals surface area contributed by atoms with Gasteiger partial charge < -0.3 is 10.4 Å². The van der Waals surface area contributed by atoms with Crippen LogP contribution in [0.25, 0.3) is 22.0 Å². The second kappa shape index (κ2) is 6.64. The van der Waals surface area contributed by atoms with Gasteiger partial charge in [0.05, 0.1) is 5.56 Å². The molecule has 0 atom stereocenters. The molecule has 0 fully saturated rings. The highest BCUT2D eigenvalue weighted by atomic mass is 16.4. The van der Waals surface area contributed by atoms with Crippen LogP contribution in [0.3, 0.4) is 0 Å². The van der Waals surface area contributed by atoms with E-state index in [1.165, 1.54) is 0 Å². The molecule has 4 aromatic rings. The van der Waals surface area contributed by atoms with Crippen molar-refractivity contribution in [2.45, 2.75) is 0 Å². The molecule has 1 heterocycles. The Bertz CT molecular complexity index is 1080. The molecule has 0 aliphatic carbocycles. The van der Waals surface area contributed by atoms with Crippen LogP contribution < -0.4 is 5.32 Å². The molecule has 2 N–H and O–H groups in total. The van der Waals surface area contributed by atoms with Crippen molar-refractivity contribution in [1.29, 1.82) is 0 Å². The lowest BCUT2D eigenvalue weighted by molar-refractivity contribution is 0.0697. The first-order valence-corrected chi connectivity index (χ1v) is 8.13. The summed E-state index contributed by atoms with van der Waals surface area (Å²) in [6.07, 6.45) is 0. The molecule has 126 valence electrons. The number of aromatic carboxylic acids is 1. The fourth-order valence-electron chi connectivity index (χ4n) is 2.84. The minimum Gasteiger partial charge on any atom is -0.478 e. The standard InChI is InChI=1S/C21H15N3O2/c25-21(26)15-12-10-14(11-13-15)19-17-8-4-5-9-18(17)20(24-23-19)22-16-6-2-1-3-7-16/h1-13H,(H,22,24)(H,25,26). The summed E-state index contributed by atoms with van der Waals surface area (Å²) < 4.78 is 0. The Balaban J connectivity index is 1.80. The van der Waals surface area contributed by atoms with E-state index in [0.29, 0.717) is 5.82 Å². The normalized spacial score (nSPS) is 10.6. The van der Waals surface area contributed by atoms with E-state index in [-0.39, 0.29) is 5.56 Å². The van der Waals surface area contributed by atoms with E-state index in [2.05, 4.69) is 15.5 Å². The number of benzene rings is 3. The van der Waals surface area contributed by atoms with Crippen LogP contribution in [0.15, 0.2) is 78.9 Å². The predicted molar refractivity (Wildman–Crippen MR) is 102 cm³/mol. The van der Waals surface area contributed by atoms with Gasteiger partial charge in [-0.2, -0.15) is 0 Å². The van der Waals surface area contributed by atoms with Crippen molar-refractivity contribution >= 4 is 28.2 Å². The van der Waals surface area contributed by atoms with Crippen LogP contribution in [0.5, 0.6) is 0 Å². The molecule has 1 aromatic heterocycles. The van der Waals surface area contributed by atoms with Crippen LogP contribution in [-0.2, 0) is 0 Å². The van der Waals surface area contributed by atoms with E-state index in [4.69, 9.17) is 5.11 Å². The minimum atomic E-state index is -0.949. The number of rotatable bonds is 4. The Kier molecular flexibility index (Phi) is 4.03. The molecule has 0 saturated carbocycles. The third-order valence-electron chi connectivity index (χ3n) is 4.13. The molecule has 4 rings (SSSR count). The summed E-state index contributed by atoms with van der Waals surface area (Å²) in [5.41, 5.74) is 2.72. The Morgan fingerprint density at radius 3 is 2.12 bits per heavy atom. The topological polar surface area (TPSA) is 75.1 Å². The molecule has 0 spiro atoms. The van der Waals surface area contributed by atoms with Gasteiger partial charge in [0, 0.05) is 22.0 Å². The quantitative estimate of drug-likeness (QED) is 0.561. The van der Waals surface area contributed by atoms with Crippen molar-refractivity contribution < 1.29 is 9.90 Å².